The molecular weight excluding hydrogens is 602 g/mol. The van der Waals surface area contributed by atoms with E-state index in [0.29, 0.717) is 43.0 Å². The highest BCUT2D eigenvalue weighted by atomic mass is 32.1. The van der Waals surface area contributed by atoms with Crippen molar-refractivity contribution < 1.29 is 13.2 Å². The number of nitrogens with one attached hydrogen (secondary N) is 1. The number of rotatable bonds is 16. The third-order valence-electron chi connectivity index (χ3n) is 9.63. The molecule has 4 rings (SSSR count). The fourth-order valence-electron chi connectivity index (χ4n) is 7.11. The minimum atomic E-state index is -4.33. The standard InChI is InChI=1S/C33H53F3N6.2H2S/c1-2-3-17-30-25-40(32(38)42(30)21-10-7-14-26-12-5-4-6-13-26)20-9-8-18-29-24-39-31(37)41(29)22-19-27-15-11-16-28(23-27)33(34,35)36;;/h11,15-16,23,26,29-30,38H,2-10,12-14,17-22,24-25H2,1H3,(H2,37,39);2*1H2/t29-,30-;;/m0../s1. The van der Waals surface area contributed by atoms with E-state index in [2.05, 4.69) is 26.6 Å². The highest BCUT2D eigenvalue weighted by Crippen LogP contribution is 2.30. The molecule has 1 saturated heterocycles. The van der Waals surface area contributed by atoms with Gasteiger partial charge in [-0.1, -0.05) is 82.9 Å². The third kappa shape index (κ3) is 11.2. The molecule has 0 unspecified atom stereocenters. The quantitative estimate of drug-likeness (QED) is 0.181. The van der Waals surface area contributed by atoms with Gasteiger partial charge in [0.2, 0.25) is 0 Å². The minimum absolute atomic E-state index is 0. The Hall–Kier alpha value is -1.75. The van der Waals surface area contributed by atoms with Gasteiger partial charge >= 0.3 is 6.18 Å². The molecule has 3 N–H and O–H groups in total. The SMILES string of the molecule is CCCC[C@H]1CN(CCCC[C@H]2CN=C(N)N2CCc2cccc(C(F)(F)F)c2)C(=N)N1CCCCC1CCCCC1.S.S. The Kier molecular flexibility index (Phi) is 16.6. The van der Waals surface area contributed by atoms with Gasteiger partial charge in [0.05, 0.1) is 18.2 Å². The number of nitrogens with two attached hydrogens (primary N) is 1. The molecule has 252 valence electrons. The van der Waals surface area contributed by atoms with E-state index in [-0.39, 0.29) is 33.0 Å². The van der Waals surface area contributed by atoms with Crippen molar-refractivity contribution in [3.05, 3.63) is 35.4 Å². The van der Waals surface area contributed by atoms with E-state index in [1.165, 1.54) is 76.3 Å². The van der Waals surface area contributed by atoms with Gasteiger partial charge in [0.1, 0.15) is 0 Å². The third-order valence-corrected chi connectivity index (χ3v) is 9.63. The summed E-state index contributed by atoms with van der Waals surface area (Å²) in [6.07, 6.45) is 13.6. The van der Waals surface area contributed by atoms with Crippen molar-refractivity contribution in [2.75, 3.05) is 32.7 Å². The molecule has 6 nitrogen and oxygen atoms in total. The van der Waals surface area contributed by atoms with Crippen LogP contribution in [-0.4, -0.2) is 71.4 Å². The topological polar surface area (TPSA) is 72.0 Å². The lowest BCUT2D eigenvalue weighted by Crippen LogP contribution is -2.42. The largest absolute Gasteiger partial charge is 0.416 e. The van der Waals surface area contributed by atoms with Crippen LogP contribution in [0.25, 0.3) is 0 Å². The second-order valence-electron chi connectivity index (χ2n) is 12.7. The summed E-state index contributed by atoms with van der Waals surface area (Å²) in [5, 5.41) is 8.95. The summed E-state index contributed by atoms with van der Waals surface area (Å²) in [6, 6.07) is 6.21. The molecule has 44 heavy (non-hydrogen) atoms. The molecule has 2 aliphatic heterocycles. The van der Waals surface area contributed by atoms with Gasteiger partial charge in [0.25, 0.3) is 0 Å². The van der Waals surface area contributed by atoms with E-state index in [9.17, 15) is 13.2 Å². The van der Waals surface area contributed by atoms with Crippen LogP contribution in [0.3, 0.4) is 0 Å². The summed E-state index contributed by atoms with van der Waals surface area (Å²) in [6.45, 7) is 6.32. The number of benzene rings is 1. The van der Waals surface area contributed by atoms with Crippen molar-refractivity contribution in [1.82, 2.24) is 14.7 Å². The van der Waals surface area contributed by atoms with Gasteiger partial charge in [-0.05, 0) is 56.1 Å². The molecular formula is C33H57F3N6S2. The van der Waals surface area contributed by atoms with E-state index in [0.717, 1.165) is 57.3 Å². The maximum absolute atomic E-state index is 13.1. The van der Waals surface area contributed by atoms with Gasteiger partial charge in [-0.15, -0.1) is 0 Å². The maximum Gasteiger partial charge on any atom is 0.416 e. The number of aliphatic imine (C=N–C) groups is 1. The van der Waals surface area contributed by atoms with Crippen molar-refractivity contribution in [3.8, 4) is 0 Å². The zero-order valence-corrected chi connectivity index (χ0v) is 28.7. The van der Waals surface area contributed by atoms with Crippen LogP contribution in [0.15, 0.2) is 29.3 Å². The number of alkyl halides is 3. The van der Waals surface area contributed by atoms with Crippen LogP contribution in [0.4, 0.5) is 13.2 Å². The van der Waals surface area contributed by atoms with E-state index in [1.807, 2.05) is 0 Å². The van der Waals surface area contributed by atoms with Crippen LogP contribution < -0.4 is 5.73 Å². The zero-order valence-electron chi connectivity index (χ0n) is 26.7. The Morgan fingerprint density at radius 2 is 1.59 bits per heavy atom. The first-order valence-electron chi connectivity index (χ1n) is 16.6. The first kappa shape index (κ1) is 38.4. The molecule has 2 fully saturated rings. The first-order chi connectivity index (χ1) is 20.3. The molecule has 0 spiro atoms. The summed E-state index contributed by atoms with van der Waals surface area (Å²) in [7, 11) is 0. The van der Waals surface area contributed by atoms with Gasteiger partial charge in [0.15, 0.2) is 11.9 Å². The maximum atomic E-state index is 13.1. The van der Waals surface area contributed by atoms with Crippen LogP contribution in [-0.2, 0) is 12.6 Å². The smallest absolute Gasteiger partial charge is 0.370 e. The molecule has 1 aliphatic carbocycles. The Morgan fingerprint density at radius 3 is 2.32 bits per heavy atom. The van der Waals surface area contributed by atoms with Crippen LogP contribution in [0.2, 0.25) is 0 Å². The summed E-state index contributed by atoms with van der Waals surface area (Å²) >= 11 is 0. The monoisotopic (exact) mass is 658 g/mol. The average molecular weight is 659 g/mol. The normalized spacial score (nSPS) is 21.0. The first-order valence-corrected chi connectivity index (χ1v) is 16.6. The van der Waals surface area contributed by atoms with E-state index in [1.54, 1.807) is 6.07 Å². The molecule has 1 aromatic carbocycles. The molecule has 2 heterocycles. The van der Waals surface area contributed by atoms with Crippen LogP contribution in [0.5, 0.6) is 0 Å². The lowest BCUT2D eigenvalue weighted by atomic mass is 9.86. The van der Waals surface area contributed by atoms with Crippen LogP contribution in [0.1, 0.15) is 108 Å². The van der Waals surface area contributed by atoms with Crippen molar-refractivity contribution >= 4 is 38.9 Å². The van der Waals surface area contributed by atoms with Crippen LogP contribution in [0, 0.1) is 11.3 Å². The predicted octanol–water partition coefficient (Wildman–Crippen LogP) is 7.50. The number of guanidine groups is 2. The summed E-state index contributed by atoms with van der Waals surface area (Å²) in [5.74, 6) is 2.14. The zero-order chi connectivity index (χ0) is 30.0. The van der Waals surface area contributed by atoms with E-state index < -0.39 is 11.7 Å². The van der Waals surface area contributed by atoms with Crippen molar-refractivity contribution in [2.45, 2.75) is 121 Å². The van der Waals surface area contributed by atoms with Gasteiger partial charge in [0, 0.05) is 32.2 Å². The summed E-state index contributed by atoms with van der Waals surface area (Å²) in [5.41, 5.74) is 6.22. The molecule has 1 saturated carbocycles. The highest BCUT2D eigenvalue weighted by molar-refractivity contribution is 7.59. The predicted molar refractivity (Wildman–Crippen MR) is 186 cm³/mol. The number of unbranched alkanes of at least 4 members (excludes halogenated alkanes) is 3. The lowest BCUT2D eigenvalue weighted by Gasteiger charge is -2.27. The number of halogens is 3. The minimum Gasteiger partial charge on any atom is -0.370 e. The molecule has 0 aromatic heterocycles. The Morgan fingerprint density at radius 1 is 0.886 bits per heavy atom. The summed E-state index contributed by atoms with van der Waals surface area (Å²) < 4.78 is 39.3. The van der Waals surface area contributed by atoms with Gasteiger partial charge in [-0.25, -0.2) is 0 Å². The van der Waals surface area contributed by atoms with E-state index in [4.69, 9.17) is 11.1 Å². The molecule has 0 bridgehead atoms. The molecule has 0 amide bonds. The van der Waals surface area contributed by atoms with E-state index >= 15 is 0 Å². The molecule has 3 aliphatic rings. The fraction of sp³-hybridized carbons (Fsp3) is 0.758. The Bertz CT molecular complexity index is 1020. The van der Waals surface area contributed by atoms with Crippen LogP contribution >= 0.6 is 27.0 Å². The molecule has 2 atom stereocenters. The second-order valence-corrected chi connectivity index (χ2v) is 12.7. The fourth-order valence-corrected chi connectivity index (χ4v) is 7.11. The number of nitrogens with zero attached hydrogens (tertiary/aromatic N) is 4. The Balaban J connectivity index is 0.00000337. The number of hydrogen-bond donors (Lipinski definition) is 2. The van der Waals surface area contributed by atoms with Gasteiger partial charge < -0.3 is 20.4 Å². The van der Waals surface area contributed by atoms with Gasteiger partial charge in [-0.3, -0.25) is 10.4 Å². The summed E-state index contributed by atoms with van der Waals surface area (Å²) in [4.78, 5) is 11.2. The average Bonchev–Trinajstić information content (AvgIpc) is 3.48. The molecule has 0 radical (unpaired) electrons. The second kappa shape index (κ2) is 19.0. The number of hydrogen-bond acceptors (Lipinski definition) is 4. The van der Waals surface area contributed by atoms with Crippen molar-refractivity contribution in [1.29, 1.82) is 5.41 Å². The van der Waals surface area contributed by atoms with Crippen molar-refractivity contribution in [3.63, 3.8) is 0 Å². The Labute approximate surface area is 277 Å². The van der Waals surface area contributed by atoms with Gasteiger partial charge in [-0.2, -0.15) is 40.2 Å². The highest BCUT2D eigenvalue weighted by Gasteiger charge is 2.34. The van der Waals surface area contributed by atoms with Crippen molar-refractivity contribution in [2.24, 2.45) is 16.6 Å². The molecule has 11 heteroatoms. The lowest BCUT2D eigenvalue weighted by molar-refractivity contribution is -0.137. The molecule has 1 aromatic rings.